The molecule has 2 aromatic carbocycles. The number of nitrogens with zero attached hydrogens (tertiary/aromatic N) is 1. The zero-order chi connectivity index (χ0) is 19.8. The maximum atomic E-state index is 12.9. The minimum absolute atomic E-state index is 0.237. The molecule has 1 aliphatic heterocycles. The topological polar surface area (TPSA) is 78.5 Å². The fourth-order valence-corrected chi connectivity index (χ4v) is 3.59. The van der Waals surface area contributed by atoms with E-state index in [1.807, 2.05) is 0 Å². The van der Waals surface area contributed by atoms with Gasteiger partial charge in [0.25, 0.3) is 5.91 Å². The Morgan fingerprint density at radius 3 is 2.48 bits per heavy atom. The summed E-state index contributed by atoms with van der Waals surface area (Å²) < 4.78 is 0. The molecule has 1 saturated heterocycles. The average Bonchev–Trinajstić information content (AvgIpc) is 2.81. The summed E-state index contributed by atoms with van der Waals surface area (Å²) in [7, 11) is 0. The van der Waals surface area contributed by atoms with Crippen LogP contribution in [0.5, 0.6) is 0 Å². The van der Waals surface area contributed by atoms with Crippen molar-refractivity contribution in [3.63, 3.8) is 0 Å². The number of carbonyl (C=O) groups is 3. The van der Waals surface area contributed by atoms with Crippen molar-refractivity contribution in [2.75, 3.05) is 11.9 Å². The Morgan fingerprint density at radius 1 is 1.11 bits per heavy atom. The highest BCUT2D eigenvalue weighted by Gasteiger charge is 2.50. The van der Waals surface area contributed by atoms with Gasteiger partial charge in [-0.3, -0.25) is 14.5 Å². The molecular weight excluding hydrogens is 413 g/mol. The van der Waals surface area contributed by atoms with Crippen LogP contribution in [0.3, 0.4) is 0 Å². The highest BCUT2D eigenvalue weighted by Crippen LogP contribution is 2.35. The molecule has 0 spiro atoms. The molecule has 3 rings (SSSR count). The van der Waals surface area contributed by atoms with Crippen LogP contribution in [0.25, 0.3) is 0 Å². The van der Waals surface area contributed by atoms with Crippen molar-refractivity contribution < 1.29 is 14.4 Å². The van der Waals surface area contributed by atoms with Crippen molar-refractivity contribution >= 4 is 58.3 Å². The van der Waals surface area contributed by atoms with Gasteiger partial charge < -0.3 is 10.6 Å². The Labute approximate surface area is 170 Å². The van der Waals surface area contributed by atoms with E-state index in [0.717, 1.165) is 4.90 Å². The smallest absolute Gasteiger partial charge is 0.323 e. The quantitative estimate of drug-likeness (QED) is 0.724. The SMILES string of the molecule is C[C@@]1(c2ccc(Cl)cc2Cl)NC(=O)N(CC(=O)Nc2ccccc2Cl)C1=O. The van der Waals surface area contributed by atoms with E-state index < -0.39 is 29.9 Å². The molecule has 1 fully saturated rings. The molecule has 0 aliphatic carbocycles. The van der Waals surface area contributed by atoms with Crippen molar-refractivity contribution in [1.82, 2.24) is 10.2 Å². The minimum Gasteiger partial charge on any atom is -0.323 e. The van der Waals surface area contributed by atoms with Crippen LogP contribution in [-0.4, -0.2) is 29.3 Å². The fraction of sp³-hybridized carbons (Fsp3) is 0.167. The first-order chi connectivity index (χ1) is 12.7. The van der Waals surface area contributed by atoms with Crippen LogP contribution < -0.4 is 10.6 Å². The van der Waals surface area contributed by atoms with Crippen LogP contribution in [0.15, 0.2) is 42.5 Å². The zero-order valence-corrected chi connectivity index (χ0v) is 16.3. The highest BCUT2D eigenvalue weighted by atomic mass is 35.5. The van der Waals surface area contributed by atoms with E-state index in [9.17, 15) is 14.4 Å². The summed E-state index contributed by atoms with van der Waals surface area (Å²) in [5.74, 6) is -1.15. The number of hydrogen-bond acceptors (Lipinski definition) is 3. The van der Waals surface area contributed by atoms with Gasteiger partial charge in [0.2, 0.25) is 5.91 Å². The van der Waals surface area contributed by atoms with Crippen molar-refractivity contribution in [3.8, 4) is 0 Å². The van der Waals surface area contributed by atoms with Gasteiger partial charge >= 0.3 is 6.03 Å². The molecule has 0 saturated carbocycles. The number of urea groups is 1. The normalized spacial score (nSPS) is 19.2. The predicted octanol–water partition coefficient (Wildman–Crippen LogP) is 4.05. The zero-order valence-electron chi connectivity index (χ0n) is 14.1. The molecule has 0 radical (unpaired) electrons. The minimum atomic E-state index is -1.40. The standard InChI is InChI=1S/C18H14Cl3N3O3/c1-18(11-7-6-10(19)8-13(11)21)16(26)24(17(27)23-18)9-15(25)22-14-5-3-2-4-12(14)20/h2-8H,9H2,1H3,(H,22,25)(H,23,27)/t18-/m0/s1. The van der Waals surface area contributed by atoms with E-state index in [1.54, 1.807) is 36.4 Å². The molecule has 1 atom stereocenters. The highest BCUT2D eigenvalue weighted by molar-refractivity contribution is 6.35. The summed E-state index contributed by atoms with van der Waals surface area (Å²) in [5, 5.41) is 6.15. The third-order valence-corrected chi connectivity index (χ3v) is 5.07. The van der Waals surface area contributed by atoms with Gasteiger partial charge in [-0.05, 0) is 31.2 Å². The lowest BCUT2D eigenvalue weighted by Crippen LogP contribution is -2.42. The monoisotopic (exact) mass is 425 g/mol. The molecule has 0 unspecified atom stereocenters. The van der Waals surface area contributed by atoms with E-state index in [2.05, 4.69) is 10.6 Å². The molecule has 140 valence electrons. The number of carbonyl (C=O) groups excluding carboxylic acids is 3. The van der Waals surface area contributed by atoms with Crippen molar-refractivity contribution in [2.24, 2.45) is 0 Å². The number of nitrogens with one attached hydrogen (secondary N) is 2. The van der Waals surface area contributed by atoms with Gasteiger partial charge in [-0.15, -0.1) is 0 Å². The molecule has 0 aromatic heterocycles. The van der Waals surface area contributed by atoms with Crippen LogP contribution in [0, 0.1) is 0 Å². The van der Waals surface area contributed by atoms with Gasteiger partial charge in [0.05, 0.1) is 10.7 Å². The van der Waals surface area contributed by atoms with Gasteiger partial charge in [-0.25, -0.2) is 4.79 Å². The molecule has 2 aromatic rings. The molecule has 4 amide bonds. The number of imide groups is 1. The molecule has 9 heteroatoms. The molecular formula is C18H14Cl3N3O3. The van der Waals surface area contributed by atoms with Gasteiger partial charge in [-0.1, -0.05) is 53.0 Å². The molecule has 1 heterocycles. The maximum Gasteiger partial charge on any atom is 0.325 e. The lowest BCUT2D eigenvalue weighted by atomic mass is 9.92. The van der Waals surface area contributed by atoms with E-state index in [1.165, 1.54) is 13.0 Å². The number of anilines is 1. The van der Waals surface area contributed by atoms with E-state index >= 15 is 0 Å². The van der Waals surface area contributed by atoms with Gasteiger partial charge in [-0.2, -0.15) is 0 Å². The Bertz CT molecular complexity index is 950. The van der Waals surface area contributed by atoms with Crippen molar-refractivity contribution in [1.29, 1.82) is 0 Å². The Morgan fingerprint density at radius 2 is 1.81 bits per heavy atom. The Hall–Kier alpha value is -2.28. The number of hydrogen-bond donors (Lipinski definition) is 2. The lowest BCUT2D eigenvalue weighted by molar-refractivity contribution is -0.133. The fourth-order valence-electron chi connectivity index (χ4n) is 2.81. The first-order valence-corrected chi connectivity index (χ1v) is 9.00. The average molecular weight is 427 g/mol. The summed E-state index contributed by atoms with van der Waals surface area (Å²) in [6, 6.07) is 10.6. The second-order valence-corrected chi connectivity index (χ2v) is 7.35. The molecule has 6 nitrogen and oxygen atoms in total. The van der Waals surface area contributed by atoms with Crippen molar-refractivity contribution in [2.45, 2.75) is 12.5 Å². The van der Waals surface area contributed by atoms with Crippen LogP contribution >= 0.6 is 34.8 Å². The Kier molecular flexibility index (Phi) is 5.33. The van der Waals surface area contributed by atoms with E-state index in [0.29, 0.717) is 21.3 Å². The molecule has 2 N–H and O–H groups in total. The third kappa shape index (κ3) is 3.74. The van der Waals surface area contributed by atoms with Crippen LogP contribution in [0.2, 0.25) is 15.1 Å². The summed E-state index contributed by atoms with van der Waals surface area (Å²) in [4.78, 5) is 38.3. The largest absolute Gasteiger partial charge is 0.325 e. The third-order valence-electron chi connectivity index (χ3n) is 4.19. The van der Waals surface area contributed by atoms with E-state index in [4.69, 9.17) is 34.8 Å². The number of rotatable bonds is 4. The second-order valence-electron chi connectivity index (χ2n) is 6.10. The lowest BCUT2D eigenvalue weighted by Gasteiger charge is -2.23. The number of amides is 4. The van der Waals surface area contributed by atoms with Crippen LogP contribution in [0.1, 0.15) is 12.5 Å². The summed E-state index contributed by atoms with van der Waals surface area (Å²) >= 11 is 18.1. The van der Waals surface area contributed by atoms with Gasteiger partial charge in [0, 0.05) is 15.6 Å². The van der Waals surface area contributed by atoms with E-state index in [-0.39, 0.29) is 5.02 Å². The summed E-state index contributed by atoms with van der Waals surface area (Å²) in [6.45, 7) is 1.06. The van der Waals surface area contributed by atoms with Crippen LogP contribution in [0.4, 0.5) is 10.5 Å². The first-order valence-electron chi connectivity index (χ1n) is 7.86. The van der Waals surface area contributed by atoms with Gasteiger partial charge in [0.1, 0.15) is 12.1 Å². The maximum absolute atomic E-state index is 12.9. The first kappa shape index (κ1) is 19.5. The van der Waals surface area contributed by atoms with Gasteiger partial charge in [0.15, 0.2) is 0 Å². The molecule has 1 aliphatic rings. The number of para-hydroxylation sites is 1. The number of benzene rings is 2. The number of halogens is 3. The van der Waals surface area contributed by atoms with Crippen molar-refractivity contribution in [3.05, 3.63) is 63.1 Å². The summed E-state index contributed by atoms with van der Waals surface area (Å²) in [5.41, 5.74) is -0.621. The summed E-state index contributed by atoms with van der Waals surface area (Å²) in [6.07, 6.45) is 0. The molecule has 0 bridgehead atoms. The van der Waals surface area contributed by atoms with Crippen LogP contribution in [-0.2, 0) is 15.1 Å². The molecule has 27 heavy (non-hydrogen) atoms. The Balaban J connectivity index is 1.80. The second kappa shape index (κ2) is 7.38. The predicted molar refractivity (Wildman–Crippen MR) is 104 cm³/mol.